The SMILES string of the molecule is CO/N=C(\CO[Si](C)(C)C)[C@H]1CC[C@H]2[C@@H]3CC[C@H]4C[C@H](O[Si](C)(C)C)CC[C@]4(C)[C@H]3C(=O)C[C@]12C. The fourth-order valence-corrected chi connectivity index (χ4v) is 10.6. The van der Waals surface area contributed by atoms with Gasteiger partial charge in [0.25, 0.3) is 0 Å². The van der Waals surface area contributed by atoms with Crippen molar-refractivity contribution in [1.82, 2.24) is 0 Å². The van der Waals surface area contributed by atoms with Crippen LogP contribution in [0.1, 0.15) is 65.2 Å². The Morgan fingerprint density at radius 3 is 2.31 bits per heavy atom. The van der Waals surface area contributed by atoms with Gasteiger partial charge in [-0.15, -0.1) is 0 Å². The van der Waals surface area contributed by atoms with Crippen molar-refractivity contribution in [3.63, 3.8) is 0 Å². The third-order valence-electron chi connectivity index (χ3n) is 10.1. The maximum atomic E-state index is 14.1. The van der Waals surface area contributed by atoms with Gasteiger partial charge >= 0.3 is 0 Å². The van der Waals surface area contributed by atoms with Gasteiger partial charge in [0.05, 0.1) is 12.3 Å². The normalized spacial score (nSPS) is 42.3. The number of carbonyl (C=O) groups is 1. The van der Waals surface area contributed by atoms with Crippen molar-refractivity contribution in [1.29, 1.82) is 0 Å². The van der Waals surface area contributed by atoms with Crippen molar-refractivity contribution >= 4 is 28.1 Å². The summed E-state index contributed by atoms with van der Waals surface area (Å²) in [5.74, 6) is 2.77. The van der Waals surface area contributed by atoms with E-state index in [9.17, 15) is 4.79 Å². The van der Waals surface area contributed by atoms with Crippen molar-refractivity contribution in [2.24, 2.45) is 45.6 Å². The lowest BCUT2D eigenvalue weighted by atomic mass is 9.44. The number of rotatable bonds is 7. The average Bonchev–Trinajstić information content (AvgIpc) is 3.05. The van der Waals surface area contributed by atoms with Crippen LogP contribution < -0.4 is 0 Å². The van der Waals surface area contributed by atoms with E-state index in [0.29, 0.717) is 42.7 Å². The fourth-order valence-electron chi connectivity index (χ4n) is 8.79. The van der Waals surface area contributed by atoms with Crippen molar-refractivity contribution in [3.8, 4) is 0 Å². The van der Waals surface area contributed by atoms with E-state index in [1.54, 1.807) is 7.11 Å². The molecule has 0 radical (unpaired) electrons. The Hall–Kier alpha value is -0.506. The molecule has 8 atom stereocenters. The van der Waals surface area contributed by atoms with Gasteiger partial charge < -0.3 is 13.7 Å². The summed E-state index contributed by atoms with van der Waals surface area (Å²) in [5, 5.41) is 4.48. The number of ketones is 1. The topological polar surface area (TPSA) is 57.1 Å². The highest BCUT2D eigenvalue weighted by atomic mass is 28.4. The minimum atomic E-state index is -1.67. The van der Waals surface area contributed by atoms with E-state index >= 15 is 0 Å². The Kier molecular flexibility index (Phi) is 7.60. The zero-order chi connectivity index (χ0) is 25.8. The van der Waals surface area contributed by atoms with E-state index < -0.39 is 16.6 Å². The van der Waals surface area contributed by atoms with E-state index in [1.165, 1.54) is 19.3 Å². The first-order chi connectivity index (χ1) is 16.2. The van der Waals surface area contributed by atoms with Crippen LogP contribution in [-0.2, 0) is 18.5 Å². The molecule has 0 bridgehead atoms. The van der Waals surface area contributed by atoms with Crippen LogP contribution in [0.5, 0.6) is 0 Å². The molecule has 0 aromatic carbocycles. The van der Waals surface area contributed by atoms with Crippen LogP contribution in [-0.4, -0.2) is 48.0 Å². The van der Waals surface area contributed by atoms with E-state index in [4.69, 9.17) is 13.7 Å². The highest BCUT2D eigenvalue weighted by molar-refractivity contribution is 6.70. The smallest absolute Gasteiger partial charge is 0.184 e. The van der Waals surface area contributed by atoms with E-state index in [2.05, 4.69) is 58.3 Å². The maximum Gasteiger partial charge on any atom is 0.184 e. The van der Waals surface area contributed by atoms with Gasteiger partial charge in [-0.2, -0.15) is 0 Å². The zero-order valence-corrected chi connectivity index (χ0v) is 25.9. The summed E-state index contributed by atoms with van der Waals surface area (Å²) >= 11 is 0. The summed E-state index contributed by atoms with van der Waals surface area (Å²) in [6.07, 6.45) is 9.27. The standard InChI is InChI=1S/C28H51NO4Si2/c1-27-15-14-20(33-35(7,8)9)16-19(27)10-11-21-22-12-13-23(28(22,2)17-25(30)26(21)27)24(29-31-3)18-32-34(4,5)6/h19-23,26H,10-18H2,1-9H3/b29-24+/t19-,20+,21-,22-,23+,26+,27-,28-/m0/s1. The van der Waals surface area contributed by atoms with Crippen LogP contribution in [0.4, 0.5) is 0 Å². The minimum Gasteiger partial charge on any atom is -0.415 e. The molecule has 0 N–H and O–H groups in total. The Morgan fingerprint density at radius 2 is 1.69 bits per heavy atom. The molecule has 0 amide bonds. The van der Waals surface area contributed by atoms with Gasteiger partial charge in [-0.3, -0.25) is 4.79 Å². The summed E-state index contributed by atoms with van der Waals surface area (Å²) < 4.78 is 12.8. The molecule has 0 aromatic rings. The summed E-state index contributed by atoms with van der Waals surface area (Å²) in [7, 11) is -1.58. The molecule has 4 rings (SSSR count). The summed E-state index contributed by atoms with van der Waals surface area (Å²) in [6.45, 7) is 18.9. The molecule has 0 unspecified atom stereocenters. The largest absolute Gasteiger partial charge is 0.415 e. The quantitative estimate of drug-likeness (QED) is 0.208. The summed E-state index contributed by atoms with van der Waals surface area (Å²) in [5.41, 5.74) is 1.14. The van der Waals surface area contributed by atoms with Gasteiger partial charge in [0.1, 0.15) is 12.9 Å². The number of fused-ring (bicyclic) bond motifs is 5. The number of oxime groups is 1. The molecule has 4 fully saturated rings. The lowest BCUT2D eigenvalue weighted by molar-refractivity contribution is -0.159. The average molecular weight is 522 g/mol. The van der Waals surface area contributed by atoms with Gasteiger partial charge in [-0.25, -0.2) is 0 Å². The van der Waals surface area contributed by atoms with Crippen LogP contribution in [0.2, 0.25) is 39.3 Å². The Morgan fingerprint density at radius 1 is 0.971 bits per heavy atom. The van der Waals surface area contributed by atoms with Gasteiger partial charge in [0.2, 0.25) is 0 Å². The first kappa shape index (κ1) is 27.5. The Balaban J connectivity index is 1.54. The highest BCUT2D eigenvalue weighted by Crippen LogP contribution is 2.66. The van der Waals surface area contributed by atoms with Crippen LogP contribution in [0.15, 0.2) is 5.16 Å². The minimum absolute atomic E-state index is 0.0280. The van der Waals surface area contributed by atoms with E-state index in [-0.39, 0.29) is 22.7 Å². The molecule has 0 aromatic heterocycles. The van der Waals surface area contributed by atoms with Gasteiger partial charge in [-0.05, 0) is 113 Å². The molecule has 4 aliphatic rings. The molecule has 5 nitrogen and oxygen atoms in total. The van der Waals surface area contributed by atoms with Crippen molar-refractivity contribution in [2.75, 3.05) is 13.7 Å². The molecule has 0 aliphatic heterocycles. The zero-order valence-electron chi connectivity index (χ0n) is 23.9. The van der Waals surface area contributed by atoms with Crippen LogP contribution in [0.25, 0.3) is 0 Å². The number of hydrogen-bond acceptors (Lipinski definition) is 5. The molecule has 4 saturated carbocycles. The molecule has 4 aliphatic carbocycles. The molecule has 0 spiro atoms. The number of nitrogens with zero attached hydrogens (tertiary/aromatic N) is 1. The first-order valence-corrected chi connectivity index (χ1v) is 20.9. The van der Waals surface area contributed by atoms with Crippen molar-refractivity contribution < 1.29 is 18.5 Å². The summed E-state index contributed by atoms with van der Waals surface area (Å²) in [4.78, 5) is 19.4. The van der Waals surface area contributed by atoms with Crippen LogP contribution in [0, 0.1) is 40.4 Å². The first-order valence-electron chi connectivity index (χ1n) is 14.1. The van der Waals surface area contributed by atoms with Crippen LogP contribution >= 0.6 is 0 Å². The second-order valence-corrected chi connectivity index (χ2v) is 23.6. The third-order valence-corrected chi connectivity index (χ3v) is 12.1. The van der Waals surface area contributed by atoms with Crippen molar-refractivity contribution in [2.45, 2.75) is 111 Å². The predicted molar refractivity (Wildman–Crippen MR) is 148 cm³/mol. The second kappa shape index (κ2) is 9.66. The Labute approximate surface area is 216 Å². The molecule has 0 heterocycles. The lowest BCUT2D eigenvalue weighted by Crippen LogP contribution is -2.58. The van der Waals surface area contributed by atoms with E-state index in [0.717, 1.165) is 31.4 Å². The van der Waals surface area contributed by atoms with Gasteiger partial charge in [-0.1, -0.05) is 19.0 Å². The summed E-state index contributed by atoms with van der Waals surface area (Å²) in [6, 6.07) is 0. The number of hydrogen-bond donors (Lipinski definition) is 0. The molecule has 0 saturated heterocycles. The Bertz CT molecular complexity index is 834. The molecule has 7 heteroatoms. The number of carbonyl (C=O) groups excluding carboxylic acids is 1. The van der Waals surface area contributed by atoms with Crippen molar-refractivity contribution in [3.05, 3.63) is 0 Å². The molecular formula is C28H51NO4Si2. The third kappa shape index (κ3) is 5.39. The molecule has 35 heavy (non-hydrogen) atoms. The number of Topliss-reactive ketones (excluding diaryl/α,β-unsaturated/α-hetero) is 1. The molecular weight excluding hydrogens is 470 g/mol. The molecule has 200 valence electrons. The van der Waals surface area contributed by atoms with Crippen LogP contribution in [0.3, 0.4) is 0 Å². The maximum absolute atomic E-state index is 14.1. The predicted octanol–water partition coefficient (Wildman–Crippen LogP) is 6.90. The monoisotopic (exact) mass is 521 g/mol. The lowest BCUT2D eigenvalue weighted by Gasteiger charge is -2.60. The van der Waals surface area contributed by atoms with Gasteiger partial charge in [0.15, 0.2) is 16.6 Å². The van der Waals surface area contributed by atoms with Gasteiger partial charge in [0, 0.05) is 24.4 Å². The van der Waals surface area contributed by atoms with E-state index in [1.807, 2.05) is 0 Å². The second-order valence-electron chi connectivity index (χ2n) is 14.6. The highest BCUT2D eigenvalue weighted by Gasteiger charge is 2.64. The fraction of sp³-hybridized carbons (Fsp3) is 0.929.